The molecule has 1 saturated heterocycles. The highest BCUT2D eigenvalue weighted by Gasteiger charge is 2.23. The first-order valence-electron chi connectivity index (χ1n) is 10.0. The van der Waals surface area contributed by atoms with E-state index in [0.717, 1.165) is 48.3 Å². The molecule has 1 aromatic heterocycles. The fourth-order valence-corrected chi connectivity index (χ4v) is 4.19. The third-order valence-electron chi connectivity index (χ3n) is 4.81. The molecule has 0 bridgehead atoms. The van der Waals surface area contributed by atoms with E-state index < -0.39 is 0 Å². The molecule has 0 spiro atoms. The minimum Gasteiger partial charge on any atom is -0.357 e. The molecule has 0 unspecified atom stereocenters. The summed E-state index contributed by atoms with van der Waals surface area (Å²) in [6.45, 7) is 8.59. The second kappa shape index (κ2) is 12.5. The van der Waals surface area contributed by atoms with E-state index in [0.29, 0.717) is 31.1 Å². The van der Waals surface area contributed by atoms with Gasteiger partial charge in [-0.25, -0.2) is 4.98 Å². The van der Waals surface area contributed by atoms with E-state index in [1.54, 1.807) is 11.3 Å². The Morgan fingerprint density at radius 1 is 1.27 bits per heavy atom. The lowest BCUT2D eigenvalue weighted by atomic mass is 10.1. The number of thiazole rings is 1. The summed E-state index contributed by atoms with van der Waals surface area (Å²) in [5, 5.41) is 7.23. The van der Waals surface area contributed by atoms with Crippen LogP contribution in [-0.2, 0) is 17.6 Å². The van der Waals surface area contributed by atoms with Crippen LogP contribution in [0.5, 0.6) is 0 Å². The van der Waals surface area contributed by atoms with Gasteiger partial charge in [0.15, 0.2) is 5.96 Å². The Kier molecular flexibility index (Phi) is 10.3. The lowest BCUT2D eigenvalue weighted by Gasteiger charge is -2.36. The number of guanidine groups is 1. The van der Waals surface area contributed by atoms with Crippen LogP contribution in [0.4, 0.5) is 0 Å². The summed E-state index contributed by atoms with van der Waals surface area (Å²) < 4.78 is 0. The third-order valence-corrected chi connectivity index (χ3v) is 5.86. The minimum absolute atomic E-state index is 0. The summed E-state index contributed by atoms with van der Waals surface area (Å²) in [6, 6.07) is 7.51. The zero-order chi connectivity index (χ0) is 20.6. The molecule has 1 amide bonds. The van der Waals surface area contributed by atoms with Crippen molar-refractivity contribution < 1.29 is 4.79 Å². The van der Waals surface area contributed by atoms with Crippen LogP contribution in [0, 0.1) is 6.92 Å². The third kappa shape index (κ3) is 7.39. The maximum atomic E-state index is 12.6. The smallest absolute Gasteiger partial charge is 0.227 e. The van der Waals surface area contributed by atoms with Crippen LogP contribution >= 0.6 is 46.9 Å². The van der Waals surface area contributed by atoms with Crippen molar-refractivity contribution in [1.82, 2.24) is 20.1 Å². The Bertz CT molecular complexity index is 851. The van der Waals surface area contributed by atoms with Crippen molar-refractivity contribution in [3.8, 4) is 0 Å². The highest BCUT2D eigenvalue weighted by Crippen LogP contribution is 2.13. The van der Waals surface area contributed by atoms with Crippen molar-refractivity contribution in [1.29, 1.82) is 0 Å². The van der Waals surface area contributed by atoms with Crippen molar-refractivity contribution in [2.24, 2.45) is 4.99 Å². The van der Waals surface area contributed by atoms with Gasteiger partial charge in [-0.15, -0.1) is 35.3 Å². The van der Waals surface area contributed by atoms with Gasteiger partial charge in [0.2, 0.25) is 5.91 Å². The predicted molar refractivity (Wildman–Crippen MR) is 135 cm³/mol. The molecule has 0 aliphatic carbocycles. The molecular formula is C21H29ClIN5OS. The van der Waals surface area contributed by atoms with Crippen molar-refractivity contribution in [3.63, 3.8) is 0 Å². The second-order valence-corrected chi connectivity index (χ2v) is 8.52. The van der Waals surface area contributed by atoms with Gasteiger partial charge in [-0.1, -0.05) is 23.7 Å². The molecule has 9 heteroatoms. The topological polar surface area (TPSA) is 60.8 Å². The number of halogens is 2. The van der Waals surface area contributed by atoms with E-state index in [2.05, 4.69) is 27.5 Å². The average Bonchev–Trinajstić information content (AvgIpc) is 3.12. The molecule has 1 fully saturated rings. The lowest BCUT2D eigenvalue weighted by molar-refractivity contribution is -0.131. The highest BCUT2D eigenvalue weighted by molar-refractivity contribution is 14.0. The molecule has 1 aliphatic rings. The minimum atomic E-state index is 0. The first kappa shape index (κ1) is 24.9. The number of hydrogen-bond acceptors (Lipinski definition) is 4. The Labute approximate surface area is 204 Å². The summed E-state index contributed by atoms with van der Waals surface area (Å²) in [6.07, 6.45) is 1.24. The molecule has 3 rings (SSSR count). The number of amides is 1. The van der Waals surface area contributed by atoms with E-state index >= 15 is 0 Å². The molecule has 0 radical (unpaired) electrons. The van der Waals surface area contributed by atoms with Gasteiger partial charge in [-0.05, 0) is 31.5 Å². The van der Waals surface area contributed by atoms with E-state index in [4.69, 9.17) is 16.6 Å². The molecule has 0 atom stereocenters. The number of carbonyl (C=O) groups excluding carboxylic acids is 1. The number of piperazine rings is 1. The van der Waals surface area contributed by atoms with Crippen molar-refractivity contribution in [2.45, 2.75) is 26.7 Å². The Balaban J connectivity index is 0.00000320. The van der Waals surface area contributed by atoms with Gasteiger partial charge < -0.3 is 15.1 Å². The van der Waals surface area contributed by atoms with Gasteiger partial charge in [0.1, 0.15) is 0 Å². The standard InChI is InChI=1S/C21H28ClN5OS.HI/c1-3-23-21(24-8-7-19-15-29-16(2)25-19)27-11-9-26(10-12-27)20(28)14-17-5-4-6-18(22)13-17;/h4-6,13,15H,3,7-12,14H2,1-2H3,(H,23,24);1H. The van der Waals surface area contributed by atoms with Gasteiger partial charge in [0, 0.05) is 56.1 Å². The Morgan fingerprint density at radius 2 is 2.00 bits per heavy atom. The molecule has 2 aromatic rings. The largest absolute Gasteiger partial charge is 0.357 e. The number of aliphatic imine (C=N–C) groups is 1. The van der Waals surface area contributed by atoms with Gasteiger partial charge >= 0.3 is 0 Å². The van der Waals surface area contributed by atoms with Gasteiger partial charge in [-0.3, -0.25) is 9.79 Å². The fourth-order valence-electron chi connectivity index (χ4n) is 3.33. The number of aryl methyl sites for hydroxylation is 1. The number of hydrogen-bond donors (Lipinski definition) is 1. The molecule has 30 heavy (non-hydrogen) atoms. The first-order valence-corrected chi connectivity index (χ1v) is 11.3. The summed E-state index contributed by atoms with van der Waals surface area (Å²) in [4.78, 5) is 26.1. The monoisotopic (exact) mass is 561 g/mol. The SMILES string of the molecule is CCNC(=NCCc1csc(C)n1)N1CCN(C(=O)Cc2cccc(Cl)c2)CC1.I. The second-order valence-electron chi connectivity index (χ2n) is 7.02. The van der Waals surface area contributed by atoms with E-state index in [1.165, 1.54) is 0 Å². The highest BCUT2D eigenvalue weighted by atomic mass is 127. The summed E-state index contributed by atoms with van der Waals surface area (Å²) in [5.41, 5.74) is 2.06. The zero-order valence-corrected chi connectivity index (χ0v) is 21.3. The van der Waals surface area contributed by atoms with Crippen molar-refractivity contribution in [3.05, 3.63) is 50.9 Å². The predicted octanol–water partition coefficient (Wildman–Crippen LogP) is 3.62. The molecule has 1 N–H and O–H groups in total. The Morgan fingerprint density at radius 3 is 2.63 bits per heavy atom. The zero-order valence-electron chi connectivity index (χ0n) is 17.4. The summed E-state index contributed by atoms with van der Waals surface area (Å²) in [5.74, 6) is 1.06. The number of nitrogens with one attached hydrogen (secondary N) is 1. The maximum Gasteiger partial charge on any atom is 0.227 e. The van der Waals surface area contributed by atoms with E-state index in [1.807, 2.05) is 36.1 Å². The molecule has 1 aliphatic heterocycles. The van der Waals surface area contributed by atoms with Crippen LogP contribution in [-0.4, -0.2) is 65.9 Å². The Hall–Kier alpha value is -1.39. The van der Waals surface area contributed by atoms with Gasteiger partial charge in [0.05, 0.1) is 17.1 Å². The fraction of sp³-hybridized carbons (Fsp3) is 0.476. The number of rotatable bonds is 6. The van der Waals surface area contributed by atoms with Crippen LogP contribution in [0.15, 0.2) is 34.6 Å². The van der Waals surface area contributed by atoms with Crippen LogP contribution < -0.4 is 5.32 Å². The number of carbonyl (C=O) groups is 1. The van der Waals surface area contributed by atoms with Gasteiger partial charge in [-0.2, -0.15) is 0 Å². The van der Waals surface area contributed by atoms with Crippen LogP contribution in [0.2, 0.25) is 5.02 Å². The molecule has 2 heterocycles. The normalized spacial score (nSPS) is 14.4. The average molecular weight is 562 g/mol. The van der Waals surface area contributed by atoms with E-state index in [9.17, 15) is 4.79 Å². The lowest BCUT2D eigenvalue weighted by Crippen LogP contribution is -2.54. The molecule has 6 nitrogen and oxygen atoms in total. The summed E-state index contributed by atoms with van der Waals surface area (Å²) >= 11 is 7.70. The molecule has 164 valence electrons. The molecular weight excluding hydrogens is 533 g/mol. The first-order chi connectivity index (χ1) is 14.0. The van der Waals surface area contributed by atoms with Crippen LogP contribution in [0.1, 0.15) is 23.2 Å². The summed E-state index contributed by atoms with van der Waals surface area (Å²) in [7, 11) is 0. The van der Waals surface area contributed by atoms with Crippen molar-refractivity contribution in [2.75, 3.05) is 39.3 Å². The van der Waals surface area contributed by atoms with Gasteiger partial charge in [0.25, 0.3) is 0 Å². The number of nitrogens with zero attached hydrogens (tertiary/aromatic N) is 4. The quantitative estimate of drug-likeness (QED) is 0.333. The van der Waals surface area contributed by atoms with Crippen LogP contribution in [0.25, 0.3) is 0 Å². The van der Waals surface area contributed by atoms with Crippen molar-refractivity contribution >= 4 is 58.8 Å². The number of benzene rings is 1. The maximum absolute atomic E-state index is 12.6. The number of aromatic nitrogens is 1. The molecule has 1 aromatic carbocycles. The van der Waals surface area contributed by atoms with Crippen LogP contribution in [0.3, 0.4) is 0 Å². The van der Waals surface area contributed by atoms with E-state index in [-0.39, 0.29) is 29.9 Å². The molecule has 0 saturated carbocycles.